The molecule has 2 aromatic heterocycles. The fourth-order valence-corrected chi connectivity index (χ4v) is 4.39. The van der Waals surface area contributed by atoms with Crippen molar-refractivity contribution in [2.75, 3.05) is 37.6 Å². The minimum atomic E-state index is 0.0118. The van der Waals surface area contributed by atoms with Crippen LogP contribution in [-0.2, 0) is 19.9 Å². The number of pyridine rings is 1. The number of rotatable bonds is 5. The van der Waals surface area contributed by atoms with E-state index in [1.807, 2.05) is 25.4 Å². The molecule has 1 fully saturated rings. The van der Waals surface area contributed by atoms with Crippen molar-refractivity contribution in [2.45, 2.75) is 38.6 Å². The monoisotopic (exact) mass is 382 g/mol. The van der Waals surface area contributed by atoms with E-state index in [4.69, 9.17) is 0 Å². The molecular formula is C21H30N6O. The van der Waals surface area contributed by atoms with E-state index >= 15 is 0 Å². The molecule has 7 heteroatoms. The number of carbonyl (C=O) groups excluding carboxylic acids is 1. The van der Waals surface area contributed by atoms with Crippen LogP contribution < -0.4 is 10.2 Å². The van der Waals surface area contributed by atoms with Crippen LogP contribution in [0.25, 0.3) is 0 Å². The van der Waals surface area contributed by atoms with Crippen molar-refractivity contribution in [3.8, 4) is 0 Å². The topological polar surface area (TPSA) is 66.3 Å². The largest absolute Gasteiger partial charge is 0.354 e. The summed E-state index contributed by atoms with van der Waals surface area (Å²) in [7, 11) is 1.88. The van der Waals surface area contributed by atoms with Gasteiger partial charge in [-0.2, -0.15) is 5.10 Å². The fourth-order valence-electron chi connectivity index (χ4n) is 4.39. The summed E-state index contributed by atoms with van der Waals surface area (Å²) in [6.45, 7) is 6.85. The van der Waals surface area contributed by atoms with Gasteiger partial charge in [-0.15, -0.1) is 0 Å². The van der Waals surface area contributed by atoms with E-state index in [9.17, 15) is 4.79 Å². The van der Waals surface area contributed by atoms with Crippen LogP contribution in [0.5, 0.6) is 0 Å². The highest BCUT2D eigenvalue weighted by Gasteiger charge is 2.25. The van der Waals surface area contributed by atoms with Gasteiger partial charge in [0.1, 0.15) is 11.5 Å². The molecule has 28 heavy (non-hydrogen) atoms. The van der Waals surface area contributed by atoms with E-state index in [1.54, 1.807) is 4.68 Å². The number of amides is 1. The molecule has 0 saturated carbocycles. The Kier molecular flexibility index (Phi) is 5.62. The molecule has 1 aliphatic heterocycles. The Bertz CT molecular complexity index is 810. The molecule has 1 unspecified atom stereocenters. The van der Waals surface area contributed by atoms with Crippen LogP contribution in [0.15, 0.2) is 24.4 Å². The maximum Gasteiger partial charge on any atom is 0.270 e. The molecule has 1 aliphatic carbocycles. The molecule has 0 radical (unpaired) electrons. The Labute approximate surface area is 166 Å². The number of fused-ring (bicyclic) bond motifs is 1. The third-order valence-corrected chi connectivity index (χ3v) is 5.79. The van der Waals surface area contributed by atoms with Crippen molar-refractivity contribution in [1.82, 2.24) is 25.0 Å². The highest BCUT2D eigenvalue weighted by molar-refractivity contribution is 5.94. The summed E-state index contributed by atoms with van der Waals surface area (Å²) in [5.41, 5.74) is 3.01. The average Bonchev–Trinajstić information content (AvgIpc) is 3.05. The zero-order valence-corrected chi connectivity index (χ0v) is 16.9. The van der Waals surface area contributed by atoms with Crippen LogP contribution in [-0.4, -0.2) is 64.3 Å². The van der Waals surface area contributed by atoms with E-state index in [0.717, 1.165) is 74.8 Å². The first kappa shape index (κ1) is 18.9. The molecule has 0 spiro atoms. The molecule has 1 amide bonds. The third kappa shape index (κ3) is 4.04. The van der Waals surface area contributed by atoms with Crippen molar-refractivity contribution in [3.63, 3.8) is 0 Å². The quantitative estimate of drug-likeness (QED) is 0.852. The highest BCUT2D eigenvalue weighted by atomic mass is 16.2. The van der Waals surface area contributed by atoms with E-state index < -0.39 is 0 Å². The fraction of sp³-hybridized carbons (Fsp3) is 0.571. The van der Waals surface area contributed by atoms with Gasteiger partial charge < -0.3 is 10.2 Å². The van der Waals surface area contributed by atoms with Gasteiger partial charge in [0, 0.05) is 57.6 Å². The first-order chi connectivity index (χ1) is 13.6. The Morgan fingerprint density at radius 3 is 2.71 bits per heavy atom. The van der Waals surface area contributed by atoms with Gasteiger partial charge in [0.15, 0.2) is 0 Å². The molecule has 0 bridgehead atoms. The normalized spacial score (nSPS) is 18.6. The zero-order chi connectivity index (χ0) is 19.5. The summed E-state index contributed by atoms with van der Waals surface area (Å²) in [5, 5.41) is 7.76. The molecular weight excluding hydrogens is 352 g/mol. The van der Waals surface area contributed by atoms with Crippen molar-refractivity contribution in [3.05, 3.63) is 41.3 Å². The van der Waals surface area contributed by atoms with Crippen molar-refractivity contribution in [1.29, 1.82) is 0 Å². The Balaban J connectivity index is 1.30. The van der Waals surface area contributed by atoms with Crippen LogP contribution in [0, 0.1) is 0 Å². The number of hydrogen-bond donors (Lipinski definition) is 1. The Hall–Kier alpha value is -2.41. The molecule has 4 rings (SSSR count). The number of aromatic nitrogens is 3. The number of nitrogens with zero attached hydrogens (tertiary/aromatic N) is 5. The van der Waals surface area contributed by atoms with Gasteiger partial charge in [-0.25, -0.2) is 4.98 Å². The van der Waals surface area contributed by atoms with Gasteiger partial charge in [0.2, 0.25) is 0 Å². The molecule has 2 aliphatic rings. The second kappa shape index (κ2) is 8.31. The minimum absolute atomic E-state index is 0.0118. The molecule has 1 saturated heterocycles. The smallest absolute Gasteiger partial charge is 0.270 e. The molecule has 1 N–H and O–H groups in total. The van der Waals surface area contributed by atoms with Gasteiger partial charge in [-0.3, -0.25) is 14.4 Å². The third-order valence-electron chi connectivity index (χ3n) is 5.79. The maximum atomic E-state index is 12.9. The van der Waals surface area contributed by atoms with Crippen molar-refractivity contribution >= 4 is 11.7 Å². The number of nitrogens with one attached hydrogen (secondary N) is 1. The number of piperazine rings is 1. The lowest BCUT2D eigenvalue weighted by molar-refractivity contribution is 0.0917. The molecule has 1 atom stereocenters. The summed E-state index contributed by atoms with van der Waals surface area (Å²) in [6, 6.07) is 6.14. The van der Waals surface area contributed by atoms with Gasteiger partial charge in [-0.1, -0.05) is 6.07 Å². The van der Waals surface area contributed by atoms with Crippen LogP contribution in [0.4, 0.5) is 5.82 Å². The first-order valence-corrected chi connectivity index (χ1v) is 10.4. The van der Waals surface area contributed by atoms with Crippen molar-refractivity contribution in [2.24, 2.45) is 7.05 Å². The Morgan fingerprint density at radius 1 is 1.18 bits per heavy atom. The summed E-state index contributed by atoms with van der Waals surface area (Å²) in [5.74, 6) is 1.06. The van der Waals surface area contributed by atoms with Crippen LogP contribution >= 0.6 is 0 Å². The van der Waals surface area contributed by atoms with Crippen LogP contribution in [0.2, 0.25) is 0 Å². The highest BCUT2D eigenvalue weighted by Crippen LogP contribution is 2.23. The number of carbonyl (C=O) groups is 1. The van der Waals surface area contributed by atoms with Gasteiger partial charge in [0.25, 0.3) is 5.91 Å². The van der Waals surface area contributed by atoms with E-state index in [2.05, 4.69) is 38.2 Å². The lowest BCUT2D eigenvalue weighted by atomic mass is 9.95. The van der Waals surface area contributed by atoms with Crippen molar-refractivity contribution < 1.29 is 4.79 Å². The van der Waals surface area contributed by atoms with Gasteiger partial charge >= 0.3 is 0 Å². The predicted octanol–water partition coefficient (Wildman–Crippen LogP) is 1.63. The summed E-state index contributed by atoms with van der Waals surface area (Å²) < 4.78 is 1.77. The zero-order valence-electron chi connectivity index (χ0n) is 16.9. The predicted molar refractivity (Wildman–Crippen MR) is 110 cm³/mol. The SMILES string of the molecule is CC(CN1CCN(c2ccccn2)CC1)NC(=O)c1c2c(nn1C)CCCC2. The lowest BCUT2D eigenvalue weighted by Crippen LogP contribution is -2.51. The summed E-state index contributed by atoms with van der Waals surface area (Å²) in [4.78, 5) is 22.1. The molecule has 7 nitrogen and oxygen atoms in total. The van der Waals surface area contributed by atoms with Gasteiger partial charge in [-0.05, 0) is 44.7 Å². The van der Waals surface area contributed by atoms with Gasteiger partial charge in [0.05, 0.1) is 5.69 Å². The van der Waals surface area contributed by atoms with Crippen LogP contribution in [0.1, 0.15) is 41.5 Å². The van der Waals surface area contributed by atoms with E-state index in [1.165, 1.54) is 6.42 Å². The lowest BCUT2D eigenvalue weighted by Gasteiger charge is -2.36. The maximum absolute atomic E-state index is 12.9. The molecule has 2 aromatic rings. The van der Waals surface area contributed by atoms with E-state index in [-0.39, 0.29) is 11.9 Å². The molecule has 3 heterocycles. The molecule has 0 aromatic carbocycles. The number of aryl methyl sites for hydroxylation is 2. The second-order valence-corrected chi connectivity index (χ2v) is 7.95. The number of anilines is 1. The first-order valence-electron chi connectivity index (χ1n) is 10.4. The Morgan fingerprint density at radius 2 is 1.96 bits per heavy atom. The molecule has 150 valence electrons. The average molecular weight is 383 g/mol. The number of hydrogen-bond acceptors (Lipinski definition) is 5. The van der Waals surface area contributed by atoms with Crippen LogP contribution in [0.3, 0.4) is 0 Å². The summed E-state index contributed by atoms with van der Waals surface area (Å²) in [6.07, 6.45) is 6.12. The van der Waals surface area contributed by atoms with E-state index in [0.29, 0.717) is 0 Å². The minimum Gasteiger partial charge on any atom is -0.354 e. The standard InChI is InChI=1S/C21H30N6O/c1-16(15-26-11-13-27(14-12-26)19-9-5-6-10-22-19)23-21(28)20-17-7-3-4-8-18(17)24-25(20)2/h5-6,9-10,16H,3-4,7-8,11-15H2,1-2H3,(H,23,28). The second-order valence-electron chi connectivity index (χ2n) is 7.95. The summed E-state index contributed by atoms with van der Waals surface area (Å²) >= 11 is 0.